The Morgan fingerprint density at radius 2 is 1.86 bits per heavy atom. The van der Waals surface area contributed by atoms with Gasteiger partial charge in [-0.15, -0.1) is 0 Å². The number of imidazole rings is 1. The lowest BCUT2D eigenvalue weighted by atomic mass is 10.2. The van der Waals surface area contributed by atoms with Gasteiger partial charge in [0.05, 0.1) is 51.9 Å². The van der Waals surface area contributed by atoms with Gasteiger partial charge in [-0.2, -0.15) is 0 Å². The standard InChI is InChI=1S/C24H37N10O/c1-4-34(3)11-9-32(10-12-34)24-29-19-21(26-8-13-35-5-2)30-20(18-14-27-23(25)28-15-18)31-22(19)33(24)16-17-6-7-17/h14-15,17H,4-13,16H2,1-3H3,(H2,25,27,28)(H,26,30,31)/q+1. The number of fused-ring (bicyclic) bond motifs is 1. The fraction of sp³-hybridized carbons (Fsp3) is 0.625. The Kier molecular flexibility index (Phi) is 6.70. The molecule has 2 aliphatic rings. The molecule has 0 aromatic carbocycles. The number of anilines is 3. The second-order valence-corrected chi connectivity index (χ2v) is 9.86. The maximum Gasteiger partial charge on any atom is 0.219 e. The van der Waals surface area contributed by atoms with Gasteiger partial charge < -0.3 is 25.2 Å². The van der Waals surface area contributed by atoms with Gasteiger partial charge in [-0.25, -0.2) is 24.9 Å². The van der Waals surface area contributed by atoms with Crippen molar-refractivity contribution in [3.8, 4) is 11.4 Å². The number of rotatable bonds is 10. The molecule has 1 aliphatic heterocycles. The molecule has 0 bridgehead atoms. The van der Waals surface area contributed by atoms with Crippen LogP contribution >= 0.6 is 0 Å². The average Bonchev–Trinajstić information content (AvgIpc) is 3.62. The first kappa shape index (κ1) is 23.7. The van der Waals surface area contributed by atoms with Crippen molar-refractivity contribution < 1.29 is 9.22 Å². The summed E-state index contributed by atoms with van der Waals surface area (Å²) in [6.07, 6.45) is 5.86. The molecule has 3 aromatic rings. The molecule has 3 N–H and O–H groups in total. The molecule has 3 aromatic heterocycles. The molecule has 1 saturated carbocycles. The summed E-state index contributed by atoms with van der Waals surface area (Å²) in [5.74, 6) is 3.19. The van der Waals surface area contributed by atoms with Gasteiger partial charge in [-0.3, -0.25) is 4.57 Å². The second kappa shape index (κ2) is 9.90. The molecular weight excluding hydrogens is 444 g/mol. The van der Waals surface area contributed by atoms with Crippen LogP contribution in [0, 0.1) is 5.92 Å². The Balaban J connectivity index is 1.57. The van der Waals surface area contributed by atoms with Gasteiger partial charge in [0, 0.05) is 32.1 Å². The predicted molar refractivity (Wildman–Crippen MR) is 137 cm³/mol. The average molecular weight is 482 g/mol. The van der Waals surface area contributed by atoms with E-state index < -0.39 is 0 Å². The number of quaternary nitrogens is 1. The summed E-state index contributed by atoms with van der Waals surface area (Å²) in [5.41, 5.74) is 8.09. The lowest BCUT2D eigenvalue weighted by molar-refractivity contribution is -0.908. The van der Waals surface area contributed by atoms with E-state index in [9.17, 15) is 0 Å². The molecule has 2 fully saturated rings. The van der Waals surface area contributed by atoms with E-state index in [-0.39, 0.29) is 5.95 Å². The zero-order chi connectivity index (χ0) is 24.4. The van der Waals surface area contributed by atoms with Crippen LogP contribution in [-0.4, -0.2) is 93.5 Å². The maximum absolute atomic E-state index is 5.71. The third-order valence-electron chi connectivity index (χ3n) is 7.25. The van der Waals surface area contributed by atoms with E-state index in [0.717, 1.165) is 66.4 Å². The topological polar surface area (TPSA) is 120 Å². The molecule has 11 nitrogen and oxygen atoms in total. The molecule has 4 heterocycles. The highest BCUT2D eigenvalue weighted by molar-refractivity contribution is 5.87. The molecule has 5 rings (SSSR count). The van der Waals surface area contributed by atoms with Crippen LogP contribution in [0.15, 0.2) is 12.4 Å². The summed E-state index contributed by atoms with van der Waals surface area (Å²) in [5, 5.41) is 3.44. The van der Waals surface area contributed by atoms with Crippen molar-refractivity contribution >= 4 is 28.9 Å². The fourth-order valence-corrected chi connectivity index (χ4v) is 4.51. The predicted octanol–water partition coefficient (Wildman–Crippen LogP) is 2.01. The number of nitrogen functional groups attached to an aromatic ring is 1. The van der Waals surface area contributed by atoms with Crippen molar-refractivity contribution in [2.75, 3.05) is 75.5 Å². The lowest BCUT2D eigenvalue weighted by Crippen LogP contribution is -2.57. The Labute approximate surface area is 206 Å². The van der Waals surface area contributed by atoms with Crippen LogP contribution in [0.5, 0.6) is 0 Å². The second-order valence-electron chi connectivity index (χ2n) is 9.86. The van der Waals surface area contributed by atoms with Gasteiger partial charge in [-0.05, 0) is 32.6 Å². The van der Waals surface area contributed by atoms with Gasteiger partial charge in [0.2, 0.25) is 11.9 Å². The summed E-state index contributed by atoms with van der Waals surface area (Å²) in [7, 11) is 2.34. The summed E-state index contributed by atoms with van der Waals surface area (Å²) < 4.78 is 8.95. The van der Waals surface area contributed by atoms with Crippen molar-refractivity contribution in [1.82, 2.24) is 29.5 Å². The summed E-state index contributed by atoms with van der Waals surface area (Å²) in [6, 6.07) is 0. The number of aromatic nitrogens is 6. The first-order valence-electron chi connectivity index (χ1n) is 12.8. The van der Waals surface area contributed by atoms with Gasteiger partial charge in [0.1, 0.15) is 0 Å². The summed E-state index contributed by atoms with van der Waals surface area (Å²) in [6.45, 7) is 12.5. The Bertz CT molecular complexity index is 1150. The van der Waals surface area contributed by atoms with Gasteiger partial charge in [-0.1, -0.05) is 0 Å². The number of likely N-dealkylation sites (N-methyl/N-ethyl adjacent to an activating group) is 1. The smallest absolute Gasteiger partial charge is 0.219 e. The van der Waals surface area contributed by atoms with Crippen LogP contribution in [0.4, 0.5) is 17.7 Å². The van der Waals surface area contributed by atoms with E-state index in [1.165, 1.54) is 12.8 Å². The quantitative estimate of drug-likeness (QED) is 0.331. The molecule has 0 atom stereocenters. The van der Waals surface area contributed by atoms with Crippen LogP contribution in [0.3, 0.4) is 0 Å². The van der Waals surface area contributed by atoms with Crippen molar-refractivity contribution in [1.29, 1.82) is 0 Å². The van der Waals surface area contributed by atoms with E-state index in [4.69, 9.17) is 25.4 Å². The van der Waals surface area contributed by atoms with E-state index in [1.54, 1.807) is 12.4 Å². The molecule has 0 unspecified atom stereocenters. The molecule has 11 heteroatoms. The maximum atomic E-state index is 5.71. The highest BCUT2D eigenvalue weighted by atomic mass is 16.5. The Hall–Kier alpha value is -3.05. The minimum atomic E-state index is 0.230. The first-order valence-corrected chi connectivity index (χ1v) is 12.8. The van der Waals surface area contributed by atoms with Gasteiger partial charge in [0.15, 0.2) is 22.8 Å². The third-order valence-corrected chi connectivity index (χ3v) is 7.25. The van der Waals surface area contributed by atoms with E-state index in [2.05, 4.69) is 38.7 Å². The molecule has 188 valence electrons. The van der Waals surface area contributed by atoms with Gasteiger partial charge in [0.25, 0.3) is 0 Å². The van der Waals surface area contributed by atoms with E-state index in [0.29, 0.717) is 37.3 Å². The monoisotopic (exact) mass is 481 g/mol. The van der Waals surface area contributed by atoms with Crippen LogP contribution in [0.2, 0.25) is 0 Å². The number of nitrogens with two attached hydrogens (primary N) is 1. The number of piperazine rings is 1. The lowest BCUT2D eigenvalue weighted by Gasteiger charge is -2.41. The normalized spacial score (nSPS) is 17.7. The van der Waals surface area contributed by atoms with Crippen LogP contribution < -0.4 is 16.0 Å². The van der Waals surface area contributed by atoms with Crippen LogP contribution in [-0.2, 0) is 11.3 Å². The van der Waals surface area contributed by atoms with Crippen LogP contribution in [0.25, 0.3) is 22.6 Å². The molecule has 1 aliphatic carbocycles. The molecule has 1 saturated heterocycles. The SMILES string of the molecule is CCOCCNc1nc(-c2cnc(N)nc2)nc2c1nc(N1CC[N+](C)(CC)CC1)n2CC1CC1. The van der Waals surface area contributed by atoms with Crippen molar-refractivity contribution in [2.24, 2.45) is 5.92 Å². The van der Waals surface area contributed by atoms with E-state index >= 15 is 0 Å². The van der Waals surface area contributed by atoms with Crippen molar-refractivity contribution in [3.05, 3.63) is 12.4 Å². The van der Waals surface area contributed by atoms with Crippen molar-refractivity contribution in [3.63, 3.8) is 0 Å². The van der Waals surface area contributed by atoms with Crippen molar-refractivity contribution in [2.45, 2.75) is 33.2 Å². The third kappa shape index (κ3) is 5.15. The number of hydrogen-bond donors (Lipinski definition) is 2. The first-order chi connectivity index (χ1) is 17.0. The molecule has 35 heavy (non-hydrogen) atoms. The number of ether oxygens (including phenoxy) is 1. The minimum Gasteiger partial charge on any atom is -0.380 e. The molecule has 0 spiro atoms. The zero-order valence-electron chi connectivity index (χ0n) is 21.1. The zero-order valence-corrected chi connectivity index (χ0v) is 21.1. The Morgan fingerprint density at radius 3 is 2.51 bits per heavy atom. The molecule has 0 radical (unpaired) electrons. The van der Waals surface area contributed by atoms with Crippen LogP contribution in [0.1, 0.15) is 26.7 Å². The highest BCUT2D eigenvalue weighted by Gasteiger charge is 2.32. The Morgan fingerprint density at radius 1 is 1.11 bits per heavy atom. The minimum absolute atomic E-state index is 0.230. The fourth-order valence-electron chi connectivity index (χ4n) is 4.51. The number of nitrogens with zero attached hydrogens (tertiary/aromatic N) is 8. The summed E-state index contributed by atoms with van der Waals surface area (Å²) >= 11 is 0. The molecule has 0 amide bonds. The summed E-state index contributed by atoms with van der Waals surface area (Å²) in [4.78, 5) is 25.7. The highest BCUT2D eigenvalue weighted by Crippen LogP contribution is 2.36. The number of hydrogen-bond acceptors (Lipinski definition) is 9. The van der Waals surface area contributed by atoms with Gasteiger partial charge >= 0.3 is 0 Å². The number of nitrogens with one attached hydrogen (secondary N) is 1. The molecular formula is C24H37N10O+. The largest absolute Gasteiger partial charge is 0.380 e. The van der Waals surface area contributed by atoms with E-state index in [1.807, 2.05) is 6.92 Å².